The molecule has 0 radical (unpaired) electrons. The highest BCUT2D eigenvalue weighted by Crippen LogP contribution is 2.30. The van der Waals surface area contributed by atoms with Gasteiger partial charge in [-0.05, 0) is 83.5 Å². The predicted molar refractivity (Wildman–Crippen MR) is 364 cm³/mol. The van der Waals surface area contributed by atoms with Crippen LogP contribution in [-0.4, -0.2) is 140 Å². The lowest BCUT2D eigenvalue weighted by atomic mass is 9.97. The second-order valence-corrected chi connectivity index (χ2v) is 24.6. The number of unbranched alkanes of at least 4 members (excludes halogenated alkanes) is 26. The molecular formula is C75H129NO13. The molecule has 89 heavy (non-hydrogen) atoms. The first kappa shape index (κ1) is 81.7. The Kier molecular flexibility index (Phi) is 53.7. The van der Waals surface area contributed by atoms with Crippen molar-refractivity contribution >= 4 is 5.91 Å². The van der Waals surface area contributed by atoms with Crippen LogP contribution in [0.4, 0.5) is 0 Å². The van der Waals surface area contributed by atoms with Gasteiger partial charge in [-0.15, -0.1) is 0 Å². The molecule has 0 aromatic heterocycles. The molecule has 12 atom stereocenters. The minimum Gasteiger partial charge on any atom is -0.394 e. The number of carbonyl (C=O) groups is 1. The molecule has 1 amide bonds. The number of aliphatic hydroxyl groups is 8. The van der Waals surface area contributed by atoms with Gasteiger partial charge in [0.05, 0.1) is 32.0 Å². The molecule has 12 unspecified atom stereocenters. The van der Waals surface area contributed by atoms with Crippen LogP contribution in [0.5, 0.6) is 0 Å². The van der Waals surface area contributed by atoms with E-state index in [4.69, 9.17) is 18.9 Å². The highest BCUT2D eigenvalue weighted by Gasteiger charge is 2.51. The smallest absolute Gasteiger partial charge is 0.220 e. The third-order valence-corrected chi connectivity index (χ3v) is 16.8. The van der Waals surface area contributed by atoms with Gasteiger partial charge in [-0.3, -0.25) is 4.79 Å². The van der Waals surface area contributed by atoms with Crippen molar-refractivity contribution < 1.29 is 64.6 Å². The van der Waals surface area contributed by atoms with Crippen molar-refractivity contribution in [2.75, 3.05) is 19.8 Å². The summed E-state index contributed by atoms with van der Waals surface area (Å²) in [6.45, 7) is 2.75. The molecule has 512 valence electrons. The van der Waals surface area contributed by atoms with E-state index in [1.54, 1.807) is 0 Å². The molecule has 0 spiro atoms. The Balaban J connectivity index is 1.61. The Morgan fingerprint density at radius 1 is 0.416 bits per heavy atom. The van der Waals surface area contributed by atoms with Crippen LogP contribution in [0.15, 0.2) is 109 Å². The quantitative estimate of drug-likeness (QED) is 0.0204. The Bertz CT molecular complexity index is 1910. The zero-order chi connectivity index (χ0) is 64.5. The molecular weight excluding hydrogens is 1120 g/mol. The second-order valence-electron chi connectivity index (χ2n) is 24.6. The summed E-state index contributed by atoms with van der Waals surface area (Å²) in [5.41, 5.74) is 0. The van der Waals surface area contributed by atoms with E-state index < -0.39 is 86.8 Å². The average molecular weight is 1250 g/mol. The lowest BCUT2D eigenvalue weighted by Gasteiger charge is -2.46. The maximum atomic E-state index is 13.3. The fraction of sp³-hybridized carbons (Fsp3) is 0.747. The molecule has 2 aliphatic rings. The molecule has 14 nitrogen and oxygen atoms in total. The number of carbonyl (C=O) groups excluding carboxylic acids is 1. The van der Waals surface area contributed by atoms with E-state index >= 15 is 0 Å². The molecule has 2 saturated heterocycles. The molecule has 2 heterocycles. The zero-order valence-corrected chi connectivity index (χ0v) is 55.6. The van der Waals surface area contributed by atoms with Gasteiger partial charge in [-0.25, -0.2) is 0 Å². The number of amides is 1. The highest BCUT2D eigenvalue weighted by atomic mass is 16.7. The van der Waals surface area contributed by atoms with Gasteiger partial charge in [0.2, 0.25) is 5.91 Å². The van der Waals surface area contributed by atoms with Crippen LogP contribution in [0, 0.1) is 0 Å². The van der Waals surface area contributed by atoms with Crippen molar-refractivity contribution in [3.63, 3.8) is 0 Å². The summed E-state index contributed by atoms with van der Waals surface area (Å²) in [6.07, 6.45) is 66.7. The van der Waals surface area contributed by atoms with E-state index in [0.29, 0.717) is 19.3 Å². The summed E-state index contributed by atoms with van der Waals surface area (Å²) < 4.78 is 22.9. The van der Waals surface area contributed by atoms with Crippen molar-refractivity contribution in [3.05, 3.63) is 109 Å². The normalized spacial score (nSPS) is 23.7. The first-order chi connectivity index (χ1) is 43.6. The van der Waals surface area contributed by atoms with E-state index in [-0.39, 0.29) is 12.5 Å². The molecule has 2 fully saturated rings. The lowest BCUT2D eigenvalue weighted by Crippen LogP contribution is -2.65. The monoisotopic (exact) mass is 1250 g/mol. The maximum absolute atomic E-state index is 13.3. The molecule has 0 aromatic rings. The molecule has 0 saturated carbocycles. The Hall–Kier alpha value is -3.35. The van der Waals surface area contributed by atoms with Gasteiger partial charge >= 0.3 is 0 Å². The van der Waals surface area contributed by atoms with Crippen LogP contribution in [0.2, 0.25) is 0 Å². The molecule has 0 aliphatic carbocycles. The van der Waals surface area contributed by atoms with Crippen molar-refractivity contribution in [3.8, 4) is 0 Å². The minimum atomic E-state index is -1.79. The number of rotatable bonds is 57. The van der Waals surface area contributed by atoms with E-state index in [2.05, 4.69) is 129 Å². The van der Waals surface area contributed by atoms with Gasteiger partial charge in [0, 0.05) is 6.42 Å². The van der Waals surface area contributed by atoms with Gasteiger partial charge in [-0.2, -0.15) is 0 Å². The largest absolute Gasteiger partial charge is 0.394 e. The summed E-state index contributed by atoms with van der Waals surface area (Å²) in [7, 11) is 0. The lowest BCUT2D eigenvalue weighted by molar-refractivity contribution is -0.359. The molecule has 9 N–H and O–H groups in total. The van der Waals surface area contributed by atoms with Gasteiger partial charge in [0.25, 0.3) is 0 Å². The third-order valence-electron chi connectivity index (χ3n) is 16.8. The number of nitrogens with one attached hydrogen (secondary N) is 1. The number of hydrogen-bond donors (Lipinski definition) is 9. The number of hydrogen-bond acceptors (Lipinski definition) is 13. The Morgan fingerprint density at radius 3 is 1.19 bits per heavy atom. The van der Waals surface area contributed by atoms with E-state index in [1.165, 1.54) is 122 Å². The van der Waals surface area contributed by atoms with Crippen molar-refractivity contribution in [2.45, 2.75) is 338 Å². The Morgan fingerprint density at radius 2 is 0.775 bits per heavy atom. The van der Waals surface area contributed by atoms with Crippen molar-refractivity contribution in [1.82, 2.24) is 5.32 Å². The molecule has 2 aliphatic heterocycles. The van der Waals surface area contributed by atoms with Gasteiger partial charge < -0.3 is 65.1 Å². The fourth-order valence-corrected chi connectivity index (χ4v) is 11.1. The summed E-state index contributed by atoms with van der Waals surface area (Å²) in [5, 5.41) is 87.5. The predicted octanol–water partition coefficient (Wildman–Crippen LogP) is 14.7. The van der Waals surface area contributed by atoms with Crippen LogP contribution in [0.1, 0.15) is 264 Å². The first-order valence-corrected chi connectivity index (χ1v) is 35.6. The van der Waals surface area contributed by atoms with Crippen LogP contribution >= 0.6 is 0 Å². The molecule has 0 bridgehead atoms. The molecule has 0 aromatic carbocycles. The van der Waals surface area contributed by atoms with E-state index in [1.807, 2.05) is 0 Å². The van der Waals surface area contributed by atoms with Gasteiger partial charge in [-0.1, -0.05) is 284 Å². The van der Waals surface area contributed by atoms with Crippen LogP contribution in [0.3, 0.4) is 0 Å². The van der Waals surface area contributed by atoms with Crippen LogP contribution in [0.25, 0.3) is 0 Å². The van der Waals surface area contributed by atoms with Crippen molar-refractivity contribution in [2.24, 2.45) is 0 Å². The minimum absolute atomic E-state index is 0.212. The van der Waals surface area contributed by atoms with E-state index in [9.17, 15) is 45.6 Å². The summed E-state index contributed by atoms with van der Waals surface area (Å²) >= 11 is 0. The Labute approximate surface area is 540 Å². The number of ether oxygens (including phenoxy) is 4. The van der Waals surface area contributed by atoms with Gasteiger partial charge in [0.15, 0.2) is 12.6 Å². The zero-order valence-electron chi connectivity index (χ0n) is 55.6. The molecule has 2 rings (SSSR count). The summed E-state index contributed by atoms with van der Waals surface area (Å²) in [6, 6.07) is -0.837. The van der Waals surface area contributed by atoms with Crippen molar-refractivity contribution in [1.29, 1.82) is 0 Å². The maximum Gasteiger partial charge on any atom is 0.220 e. The topological polar surface area (TPSA) is 228 Å². The second kappa shape index (κ2) is 58.5. The fourth-order valence-electron chi connectivity index (χ4n) is 11.1. The first-order valence-electron chi connectivity index (χ1n) is 35.6. The average Bonchev–Trinajstić information content (AvgIpc) is 2.55. The highest BCUT2D eigenvalue weighted by molar-refractivity contribution is 5.76. The summed E-state index contributed by atoms with van der Waals surface area (Å²) in [5.74, 6) is -0.212. The standard InChI is InChI=1S/C75H129NO13/c1-3-5-7-9-11-13-15-17-19-21-22-23-24-25-26-27-28-29-30-31-32-33-34-35-36-37-38-39-40-41-42-43-45-47-49-51-53-55-57-59-67(80)76-63(64(79)58-56-54-52-50-48-46-44-20-18-16-14-12-10-8-6-4-2)62-86-74-72(85)70(83)73(66(61-78)88-74)89-75-71(84)69(82)68(81)65(60-77)87-75/h5,7,11,13,17,19,22-23,25-26,28-29,31-32,34-35,37-38,63-66,68-75,77-79,81-85H,3-4,6,8-10,12,14-16,18,20-21,24,27,30,33,36,39-62H2,1-2H3,(H,76,80)/b7-5-,13-11-,19-17-,23-22-,26-25-,29-28-,32-31-,35-34-,38-37-. The number of aliphatic hydroxyl groups excluding tert-OH is 8. The SMILES string of the molecule is CC/C=C\C/C=C\C/C=C\C/C=C\C/C=C\C/C=C\C/C=C\C/C=C\C/C=C\CCCCCCCCCCCCCC(=O)NC(COC1OC(CO)C(OC2OC(CO)C(O)C(O)C2O)C(O)C1O)C(O)CCCCCCCCCCCCCCCCCC. The van der Waals surface area contributed by atoms with E-state index in [0.717, 1.165) is 109 Å². The molecule has 14 heteroatoms. The number of allylic oxidation sites excluding steroid dienone is 18. The van der Waals surface area contributed by atoms with Gasteiger partial charge in [0.1, 0.15) is 48.8 Å². The summed E-state index contributed by atoms with van der Waals surface area (Å²) in [4.78, 5) is 13.3. The van der Waals surface area contributed by atoms with Crippen LogP contribution in [-0.2, 0) is 23.7 Å². The van der Waals surface area contributed by atoms with Crippen LogP contribution < -0.4 is 5.32 Å². The third kappa shape index (κ3) is 42.5.